The maximum atomic E-state index is 11.4. The van der Waals surface area contributed by atoms with Crippen molar-refractivity contribution in [1.29, 1.82) is 5.26 Å². The number of hydrogen-bond donors (Lipinski definition) is 0. The van der Waals surface area contributed by atoms with Crippen LogP contribution in [0.15, 0.2) is 30.3 Å². The Morgan fingerprint density at radius 1 is 1.20 bits per heavy atom. The number of nitriles is 1. The molecule has 0 aromatic heterocycles. The van der Waals surface area contributed by atoms with Crippen molar-refractivity contribution >= 4 is 9.84 Å². The van der Waals surface area contributed by atoms with E-state index in [0.29, 0.717) is 0 Å². The third kappa shape index (κ3) is 5.13. The monoisotopic (exact) mass is 229 g/mol. The van der Waals surface area contributed by atoms with Crippen LogP contribution in [0.25, 0.3) is 0 Å². The zero-order valence-corrected chi connectivity index (χ0v) is 8.90. The van der Waals surface area contributed by atoms with Crippen LogP contribution in [0.1, 0.15) is 12.0 Å². The summed E-state index contributed by atoms with van der Waals surface area (Å²) in [5, 5.41) is 8.28. The molecule has 0 atom stereocenters. The molecule has 82 valence electrons. The van der Waals surface area contributed by atoms with Crippen molar-refractivity contribution in [2.24, 2.45) is 0 Å². The first-order chi connectivity index (χ1) is 6.64. The first kappa shape index (κ1) is 13.6. The highest BCUT2D eigenvalue weighted by Crippen LogP contribution is 2.06. The quantitative estimate of drug-likeness (QED) is 0.789. The van der Waals surface area contributed by atoms with Gasteiger partial charge in [0.05, 0.1) is 17.6 Å². The fourth-order valence-corrected chi connectivity index (χ4v) is 2.35. The number of nitrogens with zero attached hydrogens (tertiary/aromatic N) is 1. The van der Waals surface area contributed by atoms with Crippen molar-refractivity contribution in [3.63, 3.8) is 0 Å². The Balaban J connectivity index is 0.00000196. The van der Waals surface area contributed by atoms with Crippen LogP contribution in [0.4, 0.5) is 4.70 Å². The molecule has 1 aromatic rings. The molecule has 0 unspecified atom stereocenters. The van der Waals surface area contributed by atoms with E-state index in [2.05, 4.69) is 0 Å². The van der Waals surface area contributed by atoms with Gasteiger partial charge in [-0.05, 0) is 5.56 Å². The van der Waals surface area contributed by atoms with Crippen LogP contribution in [-0.2, 0) is 15.6 Å². The van der Waals surface area contributed by atoms with Gasteiger partial charge in [-0.2, -0.15) is 5.26 Å². The van der Waals surface area contributed by atoms with E-state index in [-0.39, 0.29) is 22.6 Å². The Bertz CT molecular complexity index is 422. The molecule has 0 aliphatic heterocycles. The SMILES string of the molecule is F.N#CCCS(=O)(=O)Cc1ccccc1. The molecule has 0 fully saturated rings. The maximum Gasteiger partial charge on any atom is 0.155 e. The van der Waals surface area contributed by atoms with E-state index in [1.165, 1.54) is 0 Å². The highest BCUT2D eigenvalue weighted by Gasteiger charge is 2.10. The maximum absolute atomic E-state index is 11.4. The number of sulfone groups is 1. The van der Waals surface area contributed by atoms with E-state index in [4.69, 9.17) is 5.26 Å². The van der Waals surface area contributed by atoms with Crippen LogP contribution in [0.2, 0.25) is 0 Å². The number of hydrogen-bond acceptors (Lipinski definition) is 3. The van der Waals surface area contributed by atoms with Crippen LogP contribution in [0.5, 0.6) is 0 Å². The standard InChI is InChI=1S/C10H11NO2S.FH/c11-7-4-8-14(12,13)9-10-5-2-1-3-6-10;/h1-3,5-6H,4,8-9H2;1H. The van der Waals surface area contributed by atoms with Crippen molar-refractivity contribution in [2.75, 3.05) is 5.75 Å². The summed E-state index contributed by atoms with van der Waals surface area (Å²) in [5.41, 5.74) is 0.769. The smallest absolute Gasteiger partial charge is 0.155 e. The number of halogens is 1. The van der Waals surface area contributed by atoms with Gasteiger partial charge in [0.2, 0.25) is 0 Å². The summed E-state index contributed by atoms with van der Waals surface area (Å²) in [6.07, 6.45) is 0.0646. The summed E-state index contributed by atoms with van der Waals surface area (Å²) >= 11 is 0. The minimum absolute atomic E-state index is 0. The molecule has 0 radical (unpaired) electrons. The number of rotatable bonds is 4. The van der Waals surface area contributed by atoms with Gasteiger partial charge in [0, 0.05) is 6.42 Å². The lowest BCUT2D eigenvalue weighted by molar-refractivity contribution is 0.595. The minimum atomic E-state index is -3.12. The minimum Gasteiger partial charge on any atom is -0.269 e. The fourth-order valence-electron chi connectivity index (χ4n) is 1.10. The zero-order chi connectivity index (χ0) is 10.4. The first-order valence-corrected chi connectivity index (χ1v) is 6.07. The molecule has 0 saturated carbocycles. The molecule has 15 heavy (non-hydrogen) atoms. The van der Waals surface area contributed by atoms with E-state index in [9.17, 15) is 8.42 Å². The summed E-state index contributed by atoms with van der Waals surface area (Å²) in [5.74, 6) is -0.0338. The largest absolute Gasteiger partial charge is 0.269 e. The van der Waals surface area contributed by atoms with Gasteiger partial charge in [-0.3, -0.25) is 4.70 Å². The molecule has 3 nitrogen and oxygen atoms in total. The first-order valence-electron chi connectivity index (χ1n) is 4.25. The zero-order valence-electron chi connectivity index (χ0n) is 8.09. The van der Waals surface area contributed by atoms with E-state index >= 15 is 0 Å². The van der Waals surface area contributed by atoms with Crippen LogP contribution < -0.4 is 0 Å². The van der Waals surface area contributed by atoms with Crippen LogP contribution in [-0.4, -0.2) is 14.2 Å². The lowest BCUT2D eigenvalue weighted by Crippen LogP contribution is -2.08. The van der Waals surface area contributed by atoms with Crippen LogP contribution in [0, 0.1) is 11.3 Å². The van der Waals surface area contributed by atoms with Gasteiger partial charge in [-0.15, -0.1) is 0 Å². The van der Waals surface area contributed by atoms with Gasteiger partial charge in [-0.25, -0.2) is 8.42 Å². The molecule has 0 spiro atoms. The summed E-state index contributed by atoms with van der Waals surface area (Å²) in [7, 11) is -3.12. The third-order valence-electron chi connectivity index (χ3n) is 1.75. The topological polar surface area (TPSA) is 57.9 Å². The Kier molecular flexibility index (Phi) is 5.57. The Hall–Kier alpha value is -1.41. The van der Waals surface area contributed by atoms with Gasteiger partial charge < -0.3 is 0 Å². The molecular formula is C10H12FNO2S. The van der Waals surface area contributed by atoms with Crippen LogP contribution in [0.3, 0.4) is 0 Å². The van der Waals surface area contributed by atoms with E-state index in [1.807, 2.05) is 12.1 Å². The van der Waals surface area contributed by atoms with Crippen molar-refractivity contribution in [3.8, 4) is 6.07 Å². The molecule has 0 heterocycles. The molecule has 5 heteroatoms. The van der Waals surface area contributed by atoms with Gasteiger partial charge in [0.25, 0.3) is 0 Å². The van der Waals surface area contributed by atoms with E-state index in [0.717, 1.165) is 5.56 Å². The molecule has 0 amide bonds. The Morgan fingerprint density at radius 2 is 1.80 bits per heavy atom. The summed E-state index contributed by atoms with van der Waals surface area (Å²) in [6, 6.07) is 10.8. The van der Waals surface area contributed by atoms with E-state index < -0.39 is 9.84 Å². The predicted octanol–water partition coefficient (Wildman–Crippen LogP) is 1.67. The normalized spacial score (nSPS) is 10.1. The van der Waals surface area contributed by atoms with E-state index in [1.54, 1.807) is 24.3 Å². The molecule has 0 saturated heterocycles. The number of benzene rings is 1. The Morgan fingerprint density at radius 3 is 2.33 bits per heavy atom. The predicted molar refractivity (Wildman–Crippen MR) is 56.7 cm³/mol. The van der Waals surface area contributed by atoms with Gasteiger partial charge in [0.15, 0.2) is 9.84 Å². The second kappa shape index (κ2) is 6.14. The van der Waals surface area contributed by atoms with Gasteiger partial charge in [0.1, 0.15) is 0 Å². The average Bonchev–Trinajstić information content (AvgIpc) is 2.16. The molecule has 0 bridgehead atoms. The van der Waals surface area contributed by atoms with Crippen molar-refractivity contribution in [1.82, 2.24) is 0 Å². The average molecular weight is 229 g/mol. The molecule has 1 aromatic carbocycles. The van der Waals surface area contributed by atoms with Crippen molar-refractivity contribution < 1.29 is 13.1 Å². The molecule has 0 aliphatic rings. The molecule has 0 aliphatic carbocycles. The summed E-state index contributed by atoms with van der Waals surface area (Å²) < 4.78 is 22.8. The van der Waals surface area contributed by atoms with Crippen molar-refractivity contribution in [3.05, 3.63) is 35.9 Å². The molecule has 0 N–H and O–H groups in total. The van der Waals surface area contributed by atoms with Gasteiger partial charge in [-0.1, -0.05) is 30.3 Å². The summed E-state index contributed by atoms with van der Waals surface area (Å²) in [6.45, 7) is 0. The fraction of sp³-hybridized carbons (Fsp3) is 0.300. The van der Waals surface area contributed by atoms with Gasteiger partial charge >= 0.3 is 0 Å². The lowest BCUT2D eigenvalue weighted by Gasteiger charge is -2.01. The molecule has 1 rings (SSSR count). The van der Waals surface area contributed by atoms with Crippen molar-refractivity contribution in [2.45, 2.75) is 12.2 Å². The Labute approximate surface area is 88.6 Å². The third-order valence-corrected chi connectivity index (χ3v) is 3.35. The van der Waals surface area contributed by atoms with Crippen LogP contribution >= 0.6 is 0 Å². The summed E-state index contributed by atoms with van der Waals surface area (Å²) in [4.78, 5) is 0. The second-order valence-electron chi connectivity index (χ2n) is 2.99. The molecular weight excluding hydrogens is 217 g/mol. The highest BCUT2D eigenvalue weighted by molar-refractivity contribution is 7.90. The second-order valence-corrected chi connectivity index (χ2v) is 5.17. The highest BCUT2D eigenvalue weighted by atomic mass is 32.2. The lowest BCUT2D eigenvalue weighted by atomic mass is 10.2.